The molecule has 7 nitrogen and oxygen atoms in total. The molecule has 2 N–H and O–H groups in total. The first-order valence-electron chi connectivity index (χ1n) is 8.87. The number of alkyl halides is 3. The monoisotopic (exact) mass is 453 g/mol. The third-order valence-electron chi connectivity index (χ3n) is 4.49. The van der Waals surface area contributed by atoms with E-state index in [1.54, 1.807) is 30.4 Å². The summed E-state index contributed by atoms with van der Waals surface area (Å²) in [4.78, 5) is 29.2. The molecule has 0 saturated heterocycles. The third-order valence-corrected chi connectivity index (χ3v) is 5.42. The van der Waals surface area contributed by atoms with Crippen molar-refractivity contribution in [2.24, 2.45) is 0 Å². The van der Waals surface area contributed by atoms with E-state index in [-0.39, 0.29) is 10.7 Å². The Balaban J connectivity index is 2.03. The van der Waals surface area contributed by atoms with Crippen molar-refractivity contribution in [2.45, 2.75) is 18.8 Å². The van der Waals surface area contributed by atoms with Crippen LogP contribution in [0, 0.1) is 6.92 Å². The van der Waals surface area contributed by atoms with Gasteiger partial charge in [0.1, 0.15) is 5.75 Å². The van der Waals surface area contributed by atoms with Gasteiger partial charge in [-0.05, 0) is 42.8 Å². The summed E-state index contributed by atoms with van der Waals surface area (Å²) < 4.78 is 52.6. The van der Waals surface area contributed by atoms with E-state index in [1.807, 2.05) is 0 Å². The van der Waals surface area contributed by atoms with Gasteiger partial charge in [-0.3, -0.25) is 4.79 Å². The van der Waals surface area contributed by atoms with E-state index in [0.717, 1.165) is 24.0 Å². The van der Waals surface area contributed by atoms with Crippen LogP contribution in [0.4, 0.5) is 18.3 Å². The molecule has 0 aliphatic heterocycles. The molecular formula is C20H18F3N3O4S. The molecule has 1 atom stereocenters. The molecule has 0 radical (unpaired) electrons. The lowest BCUT2D eigenvalue weighted by molar-refractivity contribution is -0.203. The highest BCUT2D eigenvalue weighted by Crippen LogP contribution is 2.36. The Kier molecular flexibility index (Phi) is 6.07. The number of amides is 1. The fraction of sp³-hybridized carbons (Fsp3) is 0.250. The number of methoxy groups -OCH3 is 2. The van der Waals surface area contributed by atoms with Crippen molar-refractivity contribution in [3.63, 3.8) is 0 Å². The van der Waals surface area contributed by atoms with Crippen LogP contribution in [0.3, 0.4) is 0 Å². The predicted octanol–water partition coefficient (Wildman–Crippen LogP) is 3.89. The van der Waals surface area contributed by atoms with Gasteiger partial charge in [0.15, 0.2) is 5.13 Å². The zero-order chi connectivity index (χ0) is 22.8. The Morgan fingerprint density at radius 1 is 1.06 bits per heavy atom. The van der Waals surface area contributed by atoms with Gasteiger partial charge in [-0.2, -0.15) is 13.2 Å². The highest BCUT2D eigenvalue weighted by Gasteiger charge is 2.64. The van der Waals surface area contributed by atoms with Crippen LogP contribution in [0.1, 0.15) is 15.9 Å². The lowest BCUT2D eigenvalue weighted by Crippen LogP contribution is -2.69. The average molecular weight is 453 g/mol. The number of hydrogen-bond donors (Lipinski definition) is 2. The number of halogens is 3. The molecule has 0 spiro atoms. The molecular weight excluding hydrogens is 435 g/mol. The number of carbonyl (C=O) groups excluding carboxylic acids is 2. The summed E-state index contributed by atoms with van der Waals surface area (Å²) in [7, 11) is 2.21. The van der Waals surface area contributed by atoms with Crippen LogP contribution >= 0.6 is 11.3 Å². The second-order valence-electron chi connectivity index (χ2n) is 6.49. The van der Waals surface area contributed by atoms with Crippen molar-refractivity contribution in [3.8, 4) is 5.75 Å². The number of nitrogens with zero attached hydrogens (tertiary/aromatic N) is 1. The summed E-state index contributed by atoms with van der Waals surface area (Å²) in [6.45, 7) is 1.76. The van der Waals surface area contributed by atoms with Gasteiger partial charge in [-0.15, -0.1) is 0 Å². The molecule has 2 aromatic carbocycles. The van der Waals surface area contributed by atoms with Crippen LogP contribution in [-0.2, 0) is 9.53 Å². The zero-order valence-corrected chi connectivity index (χ0v) is 17.5. The van der Waals surface area contributed by atoms with Gasteiger partial charge >= 0.3 is 17.8 Å². The minimum absolute atomic E-state index is 0.111. The van der Waals surface area contributed by atoms with E-state index in [2.05, 4.69) is 15.0 Å². The fourth-order valence-corrected chi connectivity index (χ4v) is 3.83. The SMILES string of the molecule is COC(=O)[C@@](NC(=O)c1ccc(OC)cc1)(Nc1nc2c(C)cccc2s1)C(F)(F)F. The number of fused-ring (bicyclic) bond motifs is 1. The van der Waals surface area contributed by atoms with E-state index in [4.69, 9.17) is 4.74 Å². The first-order valence-corrected chi connectivity index (χ1v) is 9.69. The predicted molar refractivity (Wildman–Crippen MR) is 109 cm³/mol. The van der Waals surface area contributed by atoms with Crippen molar-refractivity contribution in [1.82, 2.24) is 10.3 Å². The Bertz CT molecular complexity index is 1120. The summed E-state index contributed by atoms with van der Waals surface area (Å²) >= 11 is 0.912. The lowest BCUT2D eigenvalue weighted by Gasteiger charge is -2.34. The number of thiazole rings is 1. The van der Waals surface area contributed by atoms with E-state index < -0.39 is 23.7 Å². The maximum atomic E-state index is 14.2. The largest absolute Gasteiger partial charge is 0.497 e. The minimum atomic E-state index is -5.25. The van der Waals surface area contributed by atoms with E-state index in [1.165, 1.54) is 31.4 Å². The van der Waals surface area contributed by atoms with Crippen LogP contribution in [0.2, 0.25) is 0 Å². The molecule has 1 heterocycles. The quantitative estimate of drug-likeness (QED) is 0.435. The number of aromatic nitrogens is 1. The van der Waals surface area contributed by atoms with Crippen molar-refractivity contribution >= 4 is 38.6 Å². The molecule has 0 unspecified atom stereocenters. The van der Waals surface area contributed by atoms with Gasteiger partial charge in [0, 0.05) is 5.56 Å². The number of carbonyl (C=O) groups is 2. The first kappa shape index (κ1) is 22.3. The van der Waals surface area contributed by atoms with Gasteiger partial charge in [-0.1, -0.05) is 23.5 Å². The smallest absolute Gasteiger partial charge is 0.442 e. The second-order valence-corrected chi connectivity index (χ2v) is 7.52. The summed E-state index contributed by atoms with van der Waals surface area (Å²) in [5, 5.41) is 3.63. The average Bonchev–Trinajstić information content (AvgIpc) is 3.15. The Labute approximate surface area is 179 Å². The number of para-hydroxylation sites is 1. The van der Waals surface area contributed by atoms with Crippen LogP contribution in [0.25, 0.3) is 10.2 Å². The van der Waals surface area contributed by atoms with Gasteiger partial charge < -0.3 is 20.1 Å². The zero-order valence-electron chi connectivity index (χ0n) is 16.7. The van der Waals surface area contributed by atoms with Crippen molar-refractivity contribution < 1.29 is 32.2 Å². The standard InChI is InChI=1S/C20H18F3N3O4S/c1-11-5-4-6-14-15(11)24-18(31-14)26-19(17(28)30-3,20(21,22)23)25-16(27)12-7-9-13(29-2)10-8-12/h4-10H,1-3H3,(H,24,26)(H,25,27)/t19-/m1/s1. The number of ether oxygens (including phenoxy) is 2. The Hall–Kier alpha value is -3.34. The van der Waals surface area contributed by atoms with Gasteiger partial charge in [0.2, 0.25) is 0 Å². The number of benzene rings is 2. The molecule has 0 aliphatic carbocycles. The molecule has 11 heteroatoms. The Morgan fingerprint density at radius 2 is 1.74 bits per heavy atom. The summed E-state index contributed by atoms with van der Waals surface area (Å²) in [5.41, 5.74) is -2.43. The number of nitrogens with one attached hydrogen (secondary N) is 2. The molecule has 0 bridgehead atoms. The molecule has 1 amide bonds. The second kappa shape index (κ2) is 8.42. The number of aryl methyl sites for hydroxylation is 1. The fourth-order valence-electron chi connectivity index (χ4n) is 2.83. The van der Waals surface area contributed by atoms with E-state index >= 15 is 0 Å². The number of anilines is 1. The molecule has 0 saturated carbocycles. The maximum Gasteiger partial charge on any atom is 0.442 e. The molecule has 1 aromatic heterocycles. The lowest BCUT2D eigenvalue weighted by atomic mass is 10.1. The van der Waals surface area contributed by atoms with E-state index in [0.29, 0.717) is 16.0 Å². The van der Waals surface area contributed by atoms with Crippen LogP contribution in [-0.4, -0.2) is 42.9 Å². The van der Waals surface area contributed by atoms with Crippen LogP contribution in [0.5, 0.6) is 5.75 Å². The maximum absolute atomic E-state index is 14.2. The topological polar surface area (TPSA) is 89.5 Å². The van der Waals surface area contributed by atoms with Gasteiger partial charge in [0.05, 0.1) is 24.4 Å². The Morgan fingerprint density at radius 3 is 2.29 bits per heavy atom. The third kappa shape index (κ3) is 4.26. The molecule has 0 aliphatic rings. The number of rotatable bonds is 6. The van der Waals surface area contributed by atoms with Crippen molar-refractivity contribution in [3.05, 3.63) is 53.6 Å². The molecule has 164 valence electrons. The van der Waals surface area contributed by atoms with E-state index in [9.17, 15) is 22.8 Å². The first-order chi connectivity index (χ1) is 14.6. The molecule has 3 aromatic rings. The molecule has 31 heavy (non-hydrogen) atoms. The van der Waals surface area contributed by atoms with Crippen molar-refractivity contribution in [2.75, 3.05) is 19.5 Å². The number of hydrogen-bond acceptors (Lipinski definition) is 7. The van der Waals surface area contributed by atoms with Crippen LogP contribution in [0.15, 0.2) is 42.5 Å². The molecule has 3 rings (SSSR count). The highest BCUT2D eigenvalue weighted by molar-refractivity contribution is 7.22. The summed E-state index contributed by atoms with van der Waals surface area (Å²) in [6, 6.07) is 10.5. The normalized spacial score (nSPS) is 13.4. The molecule has 0 fully saturated rings. The van der Waals surface area contributed by atoms with Gasteiger partial charge in [-0.25, -0.2) is 9.78 Å². The summed E-state index contributed by atoms with van der Waals surface area (Å²) in [5.74, 6) is -2.47. The highest BCUT2D eigenvalue weighted by atomic mass is 32.1. The number of esters is 1. The minimum Gasteiger partial charge on any atom is -0.497 e. The van der Waals surface area contributed by atoms with Crippen molar-refractivity contribution in [1.29, 1.82) is 0 Å². The van der Waals surface area contributed by atoms with Crippen LogP contribution < -0.4 is 15.4 Å². The van der Waals surface area contributed by atoms with Gasteiger partial charge in [0.25, 0.3) is 5.91 Å². The summed E-state index contributed by atoms with van der Waals surface area (Å²) in [6.07, 6.45) is -5.25.